The van der Waals surface area contributed by atoms with Crippen LogP contribution in [-0.4, -0.2) is 18.9 Å². The third-order valence-electron chi connectivity index (χ3n) is 4.99. The van der Waals surface area contributed by atoms with Crippen LogP contribution in [0.15, 0.2) is 65.8 Å². The molecule has 0 aromatic heterocycles. The number of carbonyl (C=O) groups is 2. The lowest BCUT2D eigenvalue weighted by Crippen LogP contribution is -2.10. The number of esters is 1. The first kappa shape index (κ1) is 26.1. The zero-order chi connectivity index (χ0) is 24.4. The van der Waals surface area contributed by atoms with E-state index in [1.54, 1.807) is 37.5 Å². The Hall–Kier alpha value is -3.11. The van der Waals surface area contributed by atoms with E-state index in [1.807, 2.05) is 12.1 Å². The normalized spacial score (nSPS) is 11.4. The lowest BCUT2D eigenvalue weighted by atomic mass is 9.99. The molecule has 0 aliphatic rings. The van der Waals surface area contributed by atoms with Crippen LogP contribution in [0.3, 0.4) is 0 Å². The Balaban J connectivity index is 2.38. The molecule has 2 aromatic carbocycles. The van der Waals surface area contributed by atoms with Crippen molar-refractivity contribution in [1.29, 1.82) is 0 Å². The third kappa shape index (κ3) is 8.39. The SMILES string of the molecule is COc1ccc(C(=O)C=Cc2ccc(Cl)cc2)c(OC(C)=O)c1C/C=C(\C)CCC=C(C)C. The van der Waals surface area contributed by atoms with Crippen molar-refractivity contribution in [1.82, 2.24) is 0 Å². The number of hydrogen-bond donors (Lipinski definition) is 0. The lowest BCUT2D eigenvalue weighted by molar-refractivity contribution is -0.131. The molecule has 0 bridgehead atoms. The molecule has 2 rings (SSSR count). The van der Waals surface area contributed by atoms with Gasteiger partial charge < -0.3 is 9.47 Å². The Bertz CT molecular complexity index is 1070. The summed E-state index contributed by atoms with van der Waals surface area (Å²) < 4.78 is 11.0. The summed E-state index contributed by atoms with van der Waals surface area (Å²) in [4.78, 5) is 24.9. The van der Waals surface area contributed by atoms with Crippen molar-refractivity contribution < 1.29 is 19.1 Å². The maximum atomic E-state index is 13.0. The van der Waals surface area contributed by atoms with Gasteiger partial charge in [-0.3, -0.25) is 9.59 Å². The first-order chi connectivity index (χ1) is 15.7. The molecule has 0 saturated heterocycles. The summed E-state index contributed by atoms with van der Waals surface area (Å²) in [6.45, 7) is 7.56. The highest BCUT2D eigenvalue weighted by molar-refractivity contribution is 6.30. The van der Waals surface area contributed by atoms with Crippen LogP contribution >= 0.6 is 11.6 Å². The number of rotatable bonds is 10. The number of carbonyl (C=O) groups excluding carboxylic acids is 2. The minimum Gasteiger partial charge on any atom is -0.496 e. The molecule has 4 nitrogen and oxygen atoms in total. The molecule has 0 saturated carbocycles. The number of ether oxygens (including phenoxy) is 2. The molecule has 0 heterocycles. The molecule has 174 valence electrons. The topological polar surface area (TPSA) is 52.6 Å². The number of hydrogen-bond acceptors (Lipinski definition) is 4. The fourth-order valence-corrected chi connectivity index (χ4v) is 3.38. The molecule has 5 heteroatoms. The largest absolute Gasteiger partial charge is 0.496 e. The second-order valence-corrected chi connectivity index (χ2v) is 8.48. The summed E-state index contributed by atoms with van der Waals surface area (Å²) in [6, 6.07) is 10.5. The van der Waals surface area contributed by atoms with Crippen LogP contribution in [0.5, 0.6) is 11.5 Å². The first-order valence-corrected chi connectivity index (χ1v) is 11.2. The van der Waals surface area contributed by atoms with Crippen molar-refractivity contribution in [3.05, 3.63) is 87.5 Å². The average Bonchev–Trinajstić information content (AvgIpc) is 2.76. The van der Waals surface area contributed by atoms with Gasteiger partial charge in [0.25, 0.3) is 0 Å². The number of halogens is 1. The zero-order valence-corrected chi connectivity index (χ0v) is 20.7. The number of benzene rings is 2. The smallest absolute Gasteiger partial charge is 0.308 e. The molecule has 2 aromatic rings. The molecule has 0 spiro atoms. The predicted molar refractivity (Wildman–Crippen MR) is 135 cm³/mol. The minimum absolute atomic E-state index is 0.237. The molecular weight excluding hydrogens is 436 g/mol. The molecule has 0 N–H and O–H groups in total. The monoisotopic (exact) mass is 466 g/mol. The van der Waals surface area contributed by atoms with E-state index in [9.17, 15) is 9.59 Å². The summed E-state index contributed by atoms with van der Waals surface area (Å²) in [6.07, 6.45) is 9.83. The average molecular weight is 467 g/mol. The fourth-order valence-electron chi connectivity index (χ4n) is 3.25. The zero-order valence-electron chi connectivity index (χ0n) is 19.9. The van der Waals surface area contributed by atoms with Crippen LogP contribution in [-0.2, 0) is 11.2 Å². The van der Waals surface area contributed by atoms with Gasteiger partial charge in [0, 0.05) is 17.5 Å². The van der Waals surface area contributed by atoms with Gasteiger partial charge >= 0.3 is 5.97 Å². The second-order valence-electron chi connectivity index (χ2n) is 8.04. The quantitative estimate of drug-likeness (QED) is 0.120. The molecule has 0 unspecified atom stereocenters. The van der Waals surface area contributed by atoms with E-state index < -0.39 is 5.97 Å². The molecule has 0 amide bonds. The van der Waals surface area contributed by atoms with Crippen LogP contribution in [0.1, 0.15) is 62.0 Å². The second kappa shape index (κ2) is 12.8. The number of methoxy groups -OCH3 is 1. The Kier molecular flexibility index (Phi) is 10.1. The highest BCUT2D eigenvalue weighted by Gasteiger charge is 2.20. The fraction of sp³-hybridized carbons (Fsp3) is 0.286. The number of allylic oxidation sites excluding steroid dienone is 5. The summed E-state index contributed by atoms with van der Waals surface area (Å²) in [5, 5.41) is 0.625. The Labute approximate surface area is 201 Å². The van der Waals surface area contributed by atoms with E-state index in [-0.39, 0.29) is 11.5 Å². The van der Waals surface area contributed by atoms with Gasteiger partial charge in [-0.2, -0.15) is 0 Å². The molecule has 0 radical (unpaired) electrons. The van der Waals surface area contributed by atoms with Crippen molar-refractivity contribution >= 4 is 29.4 Å². The van der Waals surface area contributed by atoms with Gasteiger partial charge in [0.05, 0.1) is 12.7 Å². The van der Waals surface area contributed by atoms with Crippen molar-refractivity contribution in [3.63, 3.8) is 0 Å². The Morgan fingerprint density at radius 2 is 1.67 bits per heavy atom. The molecule has 33 heavy (non-hydrogen) atoms. The summed E-state index contributed by atoms with van der Waals surface area (Å²) >= 11 is 5.92. The summed E-state index contributed by atoms with van der Waals surface area (Å²) in [7, 11) is 1.56. The highest BCUT2D eigenvalue weighted by Crippen LogP contribution is 2.34. The Morgan fingerprint density at radius 1 is 0.970 bits per heavy atom. The van der Waals surface area contributed by atoms with Crippen LogP contribution in [0.25, 0.3) is 6.08 Å². The predicted octanol–water partition coefficient (Wildman–Crippen LogP) is 7.41. The van der Waals surface area contributed by atoms with Gasteiger partial charge in [0.2, 0.25) is 0 Å². The van der Waals surface area contributed by atoms with Crippen molar-refractivity contribution in [2.75, 3.05) is 7.11 Å². The molecule has 0 fully saturated rings. The van der Waals surface area contributed by atoms with E-state index in [4.69, 9.17) is 21.1 Å². The van der Waals surface area contributed by atoms with Gasteiger partial charge in [-0.1, -0.05) is 53.1 Å². The van der Waals surface area contributed by atoms with Crippen LogP contribution < -0.4 is 9.47 Å². The molecular formula is C28H31ClO4. The van der Waals surface area contributed by atoms with E-state index in [1.165, 1.54) is 24.1 Å². The van der Waals surface area contributed by atoms with Crippen molar-refractivity contribution in [3.8, 4) is 11.5 Å². The first-order valence-electron chi connectivity index (χ1n) is 10.9. The number of ketones is 1. The molecule has 0 aliphatic heterocycles. The van der Waals surface area contributed by atoms with Crippen LogP contribution in [0, 0.1) is 0 Å². The van der Waals surface area contributed by atoms with Gasteiger partial charge in [-0.05, 0) is 75.9 Å². The lowest BCUT2D eigenvalue weighted by Gasteiger charge is -2.15. The maximum absolute atomic E-state index is 13.0. The maximum Gasteiger partial charge on any atom is 0.308 e. The van der Waals surface area contributed by atoms with Gasteiger partial charge in [-0.25, -0.2) is 0 Å². The van der Waals surface area contributed by atoms with Gasteiger partial charge in [-0.15, -0.1) is 0 Å². The molecule has 0 aliphatic carbocycles. The molecule has 0 atom stereocenters. The summed E-state index contributed by atoms with van der Waals surface area (Å²) in [5.74, 6) is 0.0395. The van der Waals surface area contributed by atoms with Crippen LogP contribution in [0.4, 0.5) is 0 Å². The minimum atomic E-state index is -0.496. The third-order valence-corrected chi connectivity index (χ3v) is 5.24. The van der Waals surface area contributed by atoms with E-state index in [0.29, 0.717) is 28.3 Å². The van der Waals surface area contributed by atoms with E-state index in [0.717, 1.165) is 18.4 Å². The highest BCUT2D eigenvalue weighted by atomic mass is 35.5. The van der Waals surface area contributed by atoms with Gasteiger partial charge in [0.15, 0.2) is 5.78 Å². The Morgan fingerprint density at radius 3 is 2.27 bits per heavy atom. The van der Waals surface area contributed by atoms with E-state index in [2.05, 4.69) is 32.9 Å². The van der Waals surface area contributed by atoms with Crippen molar-refractivity contribution in [2.45, 2.75) is 47.0 Å². The van der Waals surface area contributed by atoms with Gasteiger partial charge in [0.1, 0.15) is 11.5 Å². The summed E-state index contributed by atoms with van der Waals surface area (Å²) in [5.41, 5.74) is 4.31. The van der Waals surface area contributed by atoms with Crippen molar-refractivity contribution in [2.24, 2.45) is 0 Å². The van der Waals surface area contributed by atoms with Crippen LogP contribution in [0.2, 0.25) is 5.02 Å². The van der Waals surface area contributed by atoms with E-state index >= 15 is 0 Å². The standard InChI is InChI=1S/C28H31ClO4/c1-19(2)7-6-8-20(3)9-15-25-27(32-5)18-16-24(28(25)33-21(4)30)26(31)17-12-22-10-13-23(29)14-11-22/h7,9-14,16-18H,6,8,15H2,1-5H3/b17-12?,20-9+.